The number of urea groups is 1. The molecule has 0 spiro atoms. The van der Waals surface area contributed by atoms with E-state index in [1.165, 1.54) is 19.3 Å². The molecule has 2 fully saturated rings. The maximum atomic E-state index is 13.2. The van der Waals surface area contributed by atoms with Crippen LogP contribution in [-0.4, -0.2) is 61.1 Å². The minimum Gasteiger partial charge on any atom is -0.337 e. The summed E-state index contributed by atoms with van der Waals surface area (Å²) in [5, 5.41) is 5.44. The van der Waals surface area contributed by atoms with E-state index in [0.29, 0.717) is 34.6 Å². The topological polar surface area (TPSA) is 47.6 Å². The number of nitrogens with zero attached hydrogens (tertiary/aromatic N) is 2. The summed E-state index contributed by atoms with van der Waals surface area (Å²) in [5.41, 5.74) is -2.82. The van der Waals surface area contributed by atoms with E-state index in [2.05, 4.69) is 20.4 Å². The number of benzene rings is 2. The monoisotopic (exact) mass is 638 g/mol. The molecule has 2 N–H and O–H groups in total. The summed E-state index contributed by atoms with van der Waals surface area (Å²) in [6, 6.07) is 5.79. The molecule has 2 aromatic rings. The second-order valence-corrected chi connectivity index (χ2v) is 11.8. The van der Waals surface area contributed by atoms with Gasteiger partial charge in [-0.3, -0.25) is 0 Å². The molecule has 232 valence electrons. The third-order valence-corrected chi connectivity index (χ3v) is 8.77. The number of hydrogen-bond donors (Lipinski definition) is 2. The predicted octanol–water partition coefficient (Wildman–Crippen LogP) is 8.28. The van der Waals surface area contributed by atoms with Gasteiger partial charge in [-0.2, -0.15) is 26.3 Å². The number of nitrogens with one attached hydrogen (secondary N) is 2. The van der Waals surface area contributed by atoms with Crippen molar-refractivity contribution in [3.05, 3.63) is 63.1 Å². The summed E-state index contributed by atoms with van der Waals surface area (Å²) in [7, 11) is 0. The van der Waals surface area contributed by atoms with Crippen LogP contribution in [0.1, 0.15) is 61.1 Å². The third kappa shape index (κ3) is 9.14. The fourth-order valence-electron chi connectivity index (χ4n) is 5.70. The first-order valence-corrected chi connectivity index (χ1v) is 14.8. The van der Waals surface area contributed by atoms with E-state index < -0.39 is 35.2 Å². The molecule has 4 rings (SSSR count). The summed E-state index contributed by atoms with van der Waals surface area (Å²) in [6.45, 7) is 5.08. The Bertz CT molecular complexity index is 1180. The van der Waals surface area contributed by atoms with E-state index in [1.54, 1.807) is 18.2 Å². The molecule has 2 aliphatic heterocycles. The molecular formula is C29H34Cl2F6N4O. The number of alkyl halides is 6. The van der Waals surface area contributed by atoms with E-state index in [4.69, 9.17) is 23.2 Å². The van der Waals surface area contributed by atoms with E-state index >= 15 is 0 Å². The average molecular weight is 640 g/mol. The largest absolute Gasteiger partial charge is 0.416 e. The Hall–Kier alpha value is -2.21. The van der Waals surface area contributed by atoms with Crippen LogP contribution in [0, 0.1) is 0 Å². The zero-order chi connectivity index (χ0) is 30.5. The number of carbonyl (C=O) groups is 1. The molecule has 1 atom stereocenters. The van der Waals surface area contributed by atoms with Crippen LogP contribution in [0.3, 0.4) is 0 Å². The lowest BCUT2D eigenvalue weighted by molar-refractivity contribution is -0.143. The van der Waals surface area contributed by atoms with Crippen LogP contribution >= 0.6 is 23.2 Å². The first-order chi connectivity index (χ1) is 19.8. The van der Waals surface area contributed by atoms with Gasteiger partial charge in [0.15, 0.2) is 0 Å². The Morgan fingerprint density at radius 3 is 2.05 bits per heavy atom. The second-order valence-electron chi connectivity index (χ2n) is 11.0. The lowest BCUT2D eigenvalue weighted by atomic mass is 9.94. The normalized spacial score (nSPS) is 18.6. The molecule has 2 amide bonds. The third-order valence-electron chi connectivity index (χ3n) is 8.03. The van der Waals surface area contributed by atoms with Crippen molar-refractivity contribution < 1.29 is 31.1 Å². The first kappa shape index (κ1) is 32.7. The van der Waals surface area contributed by atoms with Crippen LogP contribution in [0.15, 0.2) is 36.4 Å². The van der Waals surface area contributed by atoms with Crippen molar-refractivity contribution in [3.8, 4) is 0 Å². The van der Waals surface area contributed by atoms with Crippen LogP contribution in [0.25, 0.3) is 0 Å². The number of amides is 2. The van der Waals surface area contributed by atoms with Crippen molar-refractivity contribution in [1.29, 1.82) is 0 Å². The van der Waals surface area contributed by atoms with Crippen molar-refractivity contribution in [2.45, 2.75) is 62.8 Å². The highest BCUT2D eigenvalue weighted by Gasteiger charge is 2.37. The van der Waals surface area contributed by atoms with Gasteiger partial charge >= 0.3 is 18.4 Å². The van der Waals surface area contributed by atoms with Crippen molar-refractivity contribution in [1.82, 2.24) is 15.1 Å². The number of anilines is 1. The Labute approximate surface area is 251 Å². The quantitative estimate of drug-likeness (QED) is 0.286. The fourth-order valence-corrected chi connectivity index (χ4v) is 6.01. The van der Waals surface area contributed by atoms with Crippen LogP contribution in [0.2, 0.25) is 10.0 Å². The zero-order valence-corrected chi connectivity index (χ0v) is 24.4. The number of piperidine rings is 2. The summed E-state index contributed by atoms with van der Waals surface area (Å²) >= 11 is 12.3. The van der Waals surface area contributed by atoms with E-state index in [0.717, 1.165) is 51.1 Å². The molecule has 2 saturated heterocycles. The van der Waals surface area contributed by atoms with Gasteiger partial charge in [0, 0.05) is 24.2 Å². The van der Waals surface area contributed by atoms with Crippen molar-refractivity contribution >= 4 is 34.9 Å². The summed E-state index contributed by atoms with van der Waals surface area (Å²) in [6.07, 6.45) is -3.40. The van der Waals surface area contributed by atoms with E-state index in [9.17, 15) is 31.1 Å². The van der Waals surface area contributed by atoms with Crippen LogP contribution in [-0.2, 0) is 12.4 Å². The maximum Gasteiger partial charge on any atom is 0.416 e. The molecule has 2 heterocycles. The number of likely N-dealkylation sites (tertiary alicyclic amines) is 2. The molecular weight excluding hydrogens is 605 g/mol. The molecule has 0 bridgehead atoms. The molecule has 2 aromatic carbocycles. The summed E-state index contributed by atoms with van der Waals surface area (Å²) in [5.74, 6) is -0.224. The Morgan fingerprint density at radius 2 is 1.48 bits per heavy atom. The summed E-state index contributed by atoms with van der Waals surface area (Å²) in [4.78, 5) is 17.6. The second kappa shape index (κ2) is 14.1. The van der Waals surface area contributed by atoms with Crippen molar-refractivity contribution in [3.63, 3.8) is 0 Å². The molecule has 2 aliphatic rings. The van der Waals surface area contributed by atoms with Gasteiger partial charge in [0.1, 0.15) is 0 Å². The minimum atomic E-state index is -5.02. The fraction of sp³-hybridized carbons (Fsp3) is 0.552. The van der Waals surface area contributed by atoms with Gasteiger partial charge in [-0.1, -0.05) is 35.7 Å². The number of halogens is 8. The van der Waals surface area contributed by atoms with Gasteiger partial charge in [0.2, 0.25) is 0 Å². The highest BCUT2D eigenvalue weighted by Crippen LogP contribution is 2.37. The summed E-state index contributed by atoms with van der Waals surface area (Å²) < 4.78 is 79.2. The molecule has 0 saturated carbocycles. The molecule has 1 unspecified atom stereocenters. The SMILES string of the molecule is O=C(NCC(CCN1CCC(N2CCCCC2)CC1)c1ccc(Cl)c(Cl)c1)Nc1cc(C(F)(F)F)cc(C(F)(F)F)c1. The molecule has 0 radical (unpaired) electrons. The molecule has 5 nitrogen and oxygen atoms in total. The molecule has 13 heteroatoms. The van der Waals surface area contributed by atoms with Gasteiger partial charge in [0.25, 0.3) is 0 Å². The number of rotatable bonds is 8. The van der Waals surface area contributed by atoms with Crippen LogP contribution < -0.4 is 10.6 Å². The lowest BCUT2D eigenvalue weighted by Crippen LogP contribution is -2.47. The van der Waals surface area contributed by atoms with Gasteiger partial charge < -0.3 is 20.4 Å². The number of carbonyl (C=O) groups excluding carboxylic acids is 1. The van der Waals surface area contributed by atoms with Crippen LogP contribution in [0.4, 0.5) is 36.8 Å². The van der Waals surface area contributed by atoms with Gasteiger partial charge in [-0.25, -0.2) is 4.79 Å². The smallest absolute Gasteiger partial charge is 0.337 e. The first-order valence-electron chi connectivity index (χ1n) is 14.1. The predicted molar refractivity (Wildman–Crippen MR) is 152 cm³/mol. The van der Waals surface area contributed by atoms with E-state index in [-0.39, 0.29) is 18.5 Å². The Balaban J connectivity index is 1.39. The van der Waals surface area contributed by atoms with E-state index in [1.807, 2.05) is 0 Å². The Kier molecular flexibility index (Phi) is 10.9. The lowest BCUT2D eigenvalue weighted by Gasteiger charge is -2.40. The van der Waals surface area contributed by atoms with Gasteiger partial charge in [-0.05, 0) is 101 Å². The van der Waals surface area contributed by atoms with Crippen LogP contribution in [0.5, 0.6) is 0 Å². The van der Waals surface area contributed by atoms with Crippen molar-refractivity contribution in [2.24, 2.45) is 0 Å². The molecule has 0 aliphatic carbocycles. The van der Waals surface area contributed by atoms with Crippen molar-refractivity contribution in [2.75, 3.05) is 44.6 Å². The number of hydrogen-bond acceptors (Lipinski definition) is 3. The molecule has 0 aromatic heterocycles. The highest BCUT2D eigenvalue weighted by molar-refractivity contribution is 6.42. The van der Waals surface area contributed by atoms with Gasteiger partial charge in [-0.15, -0.1) is 0 Å². The zero-order valence-electron chi connectivity index (χ0n) is 22.9. The Morgan fingerprint density at radius 1 is 0.857 bits per heavy atom. The average Bonchev–Trinajstić information content (AvgIpc) is 2.94. The molecule has 42 heavy (non-hydrogen) atoms. The van der Waals surface area contributed by atoms with Gasteiger partial charge in [0.05, 0.1) is 21.2 Å². The highest BCUT2D eigenvalue weighted by atomic mass is 35.5. The standard InChI is InChI=1S/C29H34Cl2F6N4O/c30-25-5-4-19(14-26(25)31)20(6-11-40-12-7-24(8-13-40)41-9-2-1-3-10-41)18-38-27(42)39-23-16-21(28(32,33)34)15-22(17-23)29(35,36)37/h4-5,14-17,20,24H,1-3,6-13,18H2,(H2,38,39,42). The maximum absolute atomic E-state index is 13.2. The minimum absolute atomic E-state index is 0.0126.